The molecule has 0 aliphatic heterocycles. The van der Waals surface area contributed by atoms with E-state index in [1.807, 2.05) is 30.7 Å². The number of aromatic amines is 1. The van der Waals surface area contributed by atoms with Gasteiger partial charge in [0.15, 0.2) is 0 Å². The number of nitrogens with zero attached hydrogens (tertiary/aromatic N) is 2. The highest BCUT2D eigenvalue weighted by molar-refractivity contribution is 5.95. The van der Waals surface area contributed by atoms with E-state index >= 15 is 0 Å². The van der Waals surface area contributed by atoms with Crippen LogP contribution in [0.15, 0.2) is 36.8 Å². The minimum absolute atomic E-state index is 0.645. The van der Waals surface area contributed by atoms with Crippen molar-refractivity contribution in [3.63, 3.8) is 0 Å². The maximum Gasteiger partial charge on any atom is 0.140 e. The van der Waals surface area contributed by atoms with Crippen molar-refractivity contribution in [3.8, 4) is 11.1 Å². The molecule has 2 N–H and O–H groups in total. The highest BCUT2D eigenvalue weighted by atomic mass is 16.5. The summed E-state index contributed by atoms with van der Waals surface area (Å²) in [6, 6.07) is 6.13. The summed E-state index contributed by atoms with van der Waals surface area (Å²) >= 11 is 0. The number of pyridine rings is 2. The summed E-state index contributed by atoms with van der Waals surface area (Å²) < 4.78 is 5.06. The van der Waals surface area contributed by atoms with Crippen LogP contribution in [-0.4, -0.2) is 35.2 Å². The average Bonchev–Trinajstić information content (AvgIpc) is 2.96. The lowest BCUT2D eigenvalue weighted by atomic mass is 10.0. The van der Waals surface area contributed by atoms with Crippen LogP contribution in [0.3, 0.4) is 0 Å². The van der Waals surface area contributed by atoms with Gasteiger partial charge in [0.25, 0.3) is 0 Å². The first-order valence-corrected chi connectivity index (χ1v) is 6.91. The fraction of sp³-hybridized carbons (Fsp3) is 0.250. The quantitative estimate of drug-likeness (QED) is 0.706. The molecule has 0 radical (unpaired) electrons. The Labute approximate surface area is 123 Å². The minimum atomic E-state index is 0.645. The number of aromatic nitrogens is 3. The van der Waals surface area contributed by atoms with Crippen molar-refractivity contribution in [1.82, 2.24) is 15.0 Å². The number of methoxy groups -OCH3 is 1. The molecule has 0 atom stereocenters. The number of hydrogen-bond acceptors (Lipinski definition) is 4. The Balaban J connectivity index is 2.08. The maximum absolute atomic E-state index is 5.06. The van der Waals surface area contributed by atoms with Gasteiger partial charge < -0.3 is 15.0 Å². The van der Waals surface area contributed by atoms with E-state index in [0.29, 0.717) is 6.61 Å². The summed E-state index contributed by atoms with van der Waals surface area (Å²) in [6.07, 6.45) is 5.62. The van der Waals surface area contributed by atoms with Crippen LogP contribution in [-0.2, 0) is 4.74 Å². The number of aryl methyl sites for hydroxylation is 1. The molecule has 0 fully saturated rings. The molecule has 5 heteroatoms. The van der Waals surface area contributed by atoms with Gasteiger partial charge in [-0.3, -0.25) is 4.98 Å². The molecule has 0 saturated heterocycles. The van der Waals surface area contributed by atoms with Crippen LogP contribution in [0.25, 0.3) is 22.2 Å². The van der Waals surface area contributed by atoms with Gasteiger partial charge in [0.2, 0.25) is 0 Å². The smallest absolute Gasteiger partial charge is 0.140 e. The highest BCUT2D eigenvalue weighted by Crippen LogP contribution is 2.31. The van der Waals surface area contributed by atoms with Crippen LogP contribution in [0.5, 0.6) is 0 Å². The van der Waals surface area contributed by atoms with Crippen LogP contribution in [0, 0.1) is 6.92 Å². The SMILES string of the molecule is COCCNc1cc(-c2cnccc2C)c2cc[nH]c2n1. The van der Waals surface area contributed by atoms with Gasteiger partial charge in [0, 0.05) is 43.2 Å². The number of H-pyrrole nitrogens is 1. The van der Waals surface area contributed by atoms with Gasteiger partial charge in [-0.1, -0.05) is 0 Å². The van der Waals surface area contributed by atoms with Crippen molar-refractivity contribution in [2.75, 3.05) is 25.6 Å². The molecule has 3 rings (SSSR count). The molecule has 0 amide bonds. The number of ether oxygens (including phenoxy) is 1. The summed E-state index contributed by atoms with van der Waals surface area (Å²) in [6.45, 7) is 3.46. The van der Waals surface area contributed by atoms with E-state index in [9.17, 15) is 0 Å². The Kier molecular flexibility index (Phi) is 3.83. The molecule has 0 spiro atoms. The minimum Gasteiger partial charge on any atom is -0.383 e. The number of fused-ring (bicyclic) bond motifs is 1. The topological polar surface area (TPSA) is 62.8 Å². The van der Waals surface area contributed by atoms with Crippen molar-refractivity contribution < 1.29 is 4.74 Å². The zero-order chi connectivity index (χ0) is 14.7. The fourth-order valence-corrected chi connectivity index (χ4v) is 2.38. The normalized spacial score (nSPS) is 11.0. The zero-order valence-electron chi connectivity index (χ0n) is 12.2. The molecule has 0 aliphatic rings. The van der Waals surface area contributed by atoms with Crippen LogP contribution in [0.2, 0.25) is 0 Å². The first kappa shape index (κ1) is 13.6. The monoisotopic (exact) mass is 282 g/mol. The Morgan fingerprint density at radius 3 is 3.00 bits per heavy atom. The number of anilines is 1. The Morgan fingerprint density at radius 1 is 1.29 bits per heavy atom. The molecule has 21 heavy (non-hydrogen) atoms. The zero-order valence-corrected chi connectivity index (χ0v) is 12.2. The third kappa shape index (κ3) is 2.73. The molecular weight excluding hydrogens is 264 g/mol. The van der Waals surface area contributed by atoms with Crippen molar-refractivity contribution in [1.29, 1.82) is 0 Å². The molecule has 0 aliphatic carbocycles. The Hall–Kier alpha value is -2.40. The van der Waals surface area contributed by atoms with E-state index < -0.39 is 0 Å². The standard InChI is InChI=1S/C16H18N4O/c1-11-3-5-17-10-14(11)13-9-15(18-7-8-21-2)20-16-12(13)4-6-19-16/h3-6,9-10H,7-8H2,1-2H3,(H2,18,19,20). The first-order valence-electron chi connectivity index (χ1n) is 6.91. The summed E-state index contributed by atoms with van der Waals surface area (Å²) in [4.78, 5) is 12.0. The molecule has 0 aromatic carbocycles. The van der Waals surface area contributed by atoms with Crippen LogP contribution >= 0.6 is 0 Å². The second kappa shape index (κ2) is 5.93. The number of hydrogen-bond donors (Lipinski definition) is 2. The first-order chi connectivity index (χ1) is 10.3. The number of rotatable bonds is 5. The molecule has 0 unspecified atom stereocenters. The molecule has 108 valence electrons. The largest absolute Gasteiger partial charge is 0.383 e. The van der Waals surface area contributed by atoms with E-state index in [0.717, 1.165) is 34.5 Å². The van der Waals surface area contributed by atoms with E-state index in [1.165, 1.54) is 5.56 Å². The van der Waals surface area contributed by atoms with E-state index in [2.05, 4.69) is 33.3 Å². The maximum atomic E-state index is 5.06. The molecule has 0 bridgehead atoms. The van der Waals surface area contributed by atoms with Gasteiger partial charge in [-0.15, -0.1) is 0 Å². The summed E-state index contributed by atoms with van der Waals surface area (Å²) in [5.41, 5.74) is 4.32. The highest BCUT2D eigenvalue weighted by Gasteiger charge is 2.10. The molecule has 3 heterocycles. The molecular formula is C16H18N4O. The van der Waals surface area contributed by atoms with Gasteiger partial charge in [0.1, 0.15) is 11.5 Å². The van der Waals surface area contributed by atoms with Crippen molar-refractivity contribution >= 4 is 16.9 Å². The van der Waals surface area contributed by atoms with E-state index in [4.69, 9.17) is 4.74 Å². The van der Waals surface area contributed by atoms with Gasteiger partial charge >= 0.3 is 0 Å². The van der Waals surface area contributed by atoms with Crippen LogP contribution in [0.1, 0.15) is 5.56 Å². The predicted molar refractivity (Wildman–Crippen MR) is 84.4 cm³/mol. The van der Waals surface area contributed by atoms with Gasteiger partial charge in [0.05, 0.1) is 6.61 Å². The van der Waals surface area contributed by atoms with E-state index in [1.54, 1.807) is 7.11 Å². The molecule has 5 nitrogen and oxygen atoms in total. The van der Waals surface area contributed by atoms with E-state index in [-0.39, 0.29) is 0 Å². The average molecular weight is 282 g/mol. The fourth-order valence-electron chi connectivity index (χ4n) is 2.38. The predicted octanol–water partition coefficient (Wildman–Crippen LogP) is 2.99. The lowest BCUT2D eigenvalue weighted by molar-refractivity contribution is 0.210. The lowest BCUT2D eigenvalue weighted by Gasteiger charge is -2.10. The Bertz CT molecular complexity index is 751. The van der Waals surface area contributed by atoms with Gasteiger partial charge in [-0.25, -0.2) is 4.98 Å². The summed E-state index contributed by atoms with van der Waals surface area (Å²) in [7, 11) is 1.69. The number of nitrogens with one attached hydrogen (secondary N) is 2. The summed E-state index contributed by atoms with van der Waals surface area (Å²) in [5, 5.41) is 4.38. The second-order valence-electron chi connectivity index (χ2n) is 4.91. The third-order valence-electron chi connectivity index (χ3n) is 3.47. The van der Waals surface area contributed by atoms with Crippen LogP contribution < -0.4 is 5.32 Å². The van der Waals surface area contributed by atoms with Crippen LogP contribution in [0.4, 0.5) is 5.82 Å². The second-order valence-corrected chi connectivity index (χ2v) is 4.91. The summed E-state index contributed by atoms with van der Waals surface area (Å²) in [5.74, 6) is 0.834. The van der Waals surface area contributed by atoms with Gasteiger partial charge in [-0.05, 0) is 36.2 Å². The van der Waals surface area contributed by atoms with Gasteiger partial charge in [-0.2, -0.15) is 0 Å². The lowest BCUT2D eigenvalue weighted by Crippen LogP contribution is -2.09. The molecule has 3 aromatic heterocycles. The van der Waals surface area contributed by atoms with Crippen molar-refractivity contribution in [3.05, 3.63) is 42.4 Å². The van der Waals surface area contributed by atoms with Crippen molar-refractivity contribution in [2.24, 2.45) is 0 Å². The molecule has 0 saturated carbocycles. The molecule has 3 aromatic rings. The van der Waals surface area contributed by atoms with Crippen molar-refractivity contribution in [2.45, 2.75) is 6.92 Å². The third-order valence-corrected chi connectivity index (χ3v) is 3.47. The Morgan fingerprint density at radius 2 is 2.19 bits per heavy atom.